The van der Waals surface area contributed by atoms with E-state index in [1.54, 1.807) is 16.7 Å². The minimum Gasteiger partial charge on any atom is -0.304 e. The predicted octanol–water partition coefficient (Wildman–Crippen LogP) is 4.00. The molecule has 4 heteroatoms. The Morgan fingerprint density at radius 3 is 2.63 bits per heavy atom. The second-order valence-electron chi connectivity index (χ2n) is 9.14. The average molecular weight is 405 g/mol. The maximum absolute atomic E-state index is 3.86. The van der Waals surface area contributed by atoms with Crippen LogP contribution in [-0.4, -0.2) is 32.3 Å². The molecule has 0 saturated carbocycles. The number of hydrogen-bond donors (Lipinski definition) is 4. The summed E-state index contributed by atoms with van der Waals surface area (Å²) in [4.78, 5) is 0. The van der Waals surface area contributed by atoms with Crippen molar-refractivity contribution in [1.29, 1.82) is 0 Å². The molecule has 1 fully saturated rings. The number of benzene rings is 2. The maximum atomic E-state index is 3.86. The topological polar surface area (TPSA) is 48.1 Å². The van der Waals surface area contributed by atoms with Gasteiger partial charge >= 0.3 is 0 Å². The Balaban J connectivity index is 1.44. The molecule has 2 atom stereocenters. The first-order chi connectivity index (χ1) is 14.9. The van der Waals surface area contributed by atoms with Gasteiger partial charge in [0.1, 0.15) is 0 Å². The third-order valence-electron chi connectivity index (χ3n) is 7.28. The fourth-order valence-electron chi connectivity index (χ4n) is 5.74. The normalized spacial score (nSPS) is 25.7. The molecule has 2 aromatic carbocycles. The van der Waals surface area contributed by atoms with Crippen LogP contribution in [0.4, 0.5) is 0 Å². The van der Waals surface area contributed by atoms with Crippen molar-refractivity contribution in [1.82, 2.24) is 21.5 Å². The number of allylic oxidation sites excluding steroid dienone is 1. The molecule has 0 spiro atoms. The molecule has 2 aliphatic carbocycles. The van der Waals surface area contributed by atoms with Crippen molar-refractivity contribution in [2.75, 3.05) is 26.3 Å². The second-order valence-corrected chi connectivity index (χ2v) is 9.14. The fourth-order valence-corrected chi connectivity index (χ4v) is 5.74. The Hall–Kier alpha value is -1.72. The van der Waals surface area contributed by atoms with Gasteiger partial charge in [-0.15, -0.1) is 0 Å². The molecule has 160 valence electrons. The van der Waals surface area contributed by atoms with Gasteiger partial charge in [-0.2, -0.15) is 0 Å². The van der Waals surface area contributed by atoms with Crippen molar-refractivity contribution >= 4 is 16.8 Å². The molecule has 0 bridgehead atoms. The van der Waals surface area contributed by atoms with Gasteiger partial charge in [-0.25, -0.2) is 0 Å². The van der Waals surface area contributed by atoms with Crippen LogP contribution in [0.3, 0.4) is 0 Å². The van der Waals surface area contributed by atoms with E-state index in [2.05, 4.69) is 57.9 Å². The molecule has 1 saturated heterocycles. The van der Waals surface area contributed by atoms with E-state index in [1.807, 2.05) is 0 Å². The molecule has 0 aromatic heterocycles. The van der Waals surface area contributed by atoms with Crippen molar-refractivity contribution in [2.24, 2.45) is 0 Å². The molecule has 2 unspecified atom stereocenters. The molecule has 1 aliphatic heterocycles. The molecule has 2 aromatic rings. The minimum absolute atomic E-state index is 0.503. The van der Waals surface area contributed by atoms with Crippen LogP contribution in [-0.2, 0) is 12.8 Å². The zero-order valence-electron chi connectivity index (χ0n) is 18.1. The lowest BCUT2D eigenvalue weighted by molar-refractivity contribution is 0.343. The summed E-state index contributed by atoms with van der Waals surface area (Å²) >= 11 is 0. The van der Waals surface area contributed by atoms with Crippen LogP contribution in [0.2, 0.25) is 0 Å². The number of nitrogens with one attached hydrogen (secondary N) is 4. The van der Waals surface area contributed by atoms with Crippen LogP contribution < -0.4 is 21.5 Å². The van der Waals surface area contributed by atoms with Crippen molar-refractivity contribution in [3.05, 3.63) is 52.6 Å². The zero-order chi connectivity index (χ0) is 20.2. The van der Waals surface area contributed by atoms with Crippen LogP contribution in [0.25, 0.3) is 16.8 Å². The zero-order valence-corrected chi connectivity index (χ0v) is 18.1. The van der Waals surface area contributed by atoms with Gasteiger partial charge in [0.15, 0.2) is 0 Å². The van der Waals surface area contributed by atoms with E-state index in [0.717, 1.165) is 32.7 Å². The number of aryl methyl sites for hydroxylation is 2. The SMILES string of the molecule is C1=Cc2ccc3c4c(ccc3c2CC1)C(C1CCNNCCCCNCN1)CCC4. The summed E-state index contributed by atoms with van der Waals surface area (Å²) < 4.78 is 0. The standard InChI is InChI=1S/C26H36N4/c1-2-7-20-19(6-1)10-11-23-21-8-5-9-25(24(21)13-12-22(20)23)26-14-17-30-29-16-4-3-15-27-18-28-26/h1,6,10-13,25-30H,2-5,7-9,14-18H2. The molecule has 3 aliphatic rings. The van der Waals surface area contributed by atoms with Crippen LogP contribution >= 0.6 is 0 Å². The van der Waals surface area contributed by atoms with E-state index in [-0.39, 0.29) is 0 Å². The molecule has 4 N–H and O–H groups in total. The monoisotopic (exact) mass is 404 g/mol. The molecule has 0 amide bonds. The van der Waals surface area contributed by atoms with Gasteiger partial charge < -0.3 is 10.6 Å². The quantitative estimate of drug-likeness (QED) is 0.580. The largest absolute Gasteiger partial charge is 0.304 e. The van der Waals surface area contributed by atoms with E-state index in [4.69, 9.17) is 0 Å². The van der Waals surface area contributed by atoms with Crippen LogP contribution in [0.15, 0.2) is 30.3 Å². The Morgan fingerprint density at radius 1 is 0.767 bits per heavy atom. The van der Waals surface area contributed by atoms with Gasteiger partial charge in [-0.1, -0.05) is 36.4 Å². The predicted molar refractivity (Wildman–Crippen MR) is 127 cm³/mol. The fraction of sp³-hybridized carbons (Fsp3) is 0.538. The molecular formula is C26H36N4. The van der Waals surface area contributed by atoms with Gasteiger partial charge in [0.05, 0.1) is 0 Å². The molecule has 4 nitrogen and oxygen atoms in total. The minimum atomic E-state index is 0.503. The highest BCUT2D eigenvalue weighted by molar-refractivity contribution is 5.93. The lowest BCUT2D eigenvalue weighted by atomic mass is 9.75. The Morgan fingerprint density at radius 2 is 1.63 bits per heavy atom. The van der Waals surface area contributed by atoms with Crippen LogP contribution in [0.5, 0.6) is 0 Å². The third kappa shape index (κ3) is 4.19. The van der Waals surface area contributed by atoms with Gasteiger partial charge in [0, 0.05) is 25.8 Å². The Labute approximate surface area is 180 Å². The Kier molecular flexibility index (Phi) is 6.47. The van der Waals surface area contributed by atoms with E-state index in [9.17, 15) is 0 Å². The van der Waals surface area contributed by atoms with Crippen LogP contribution in [0, 0.1) is 0 Å². The number of hydrazine groups is 1. The van der Waals surface area contributed by atoms with E-state index in [1.165, 1.54) is 61.3 Å². The summed E-state index contributed by atoms with van der Waals surface area (Å²) in [5, 5.41) is 10.5. The van der Waals surface area contributed by atoms with Gasteiger partial charge in [0.2, 0.25) is 0 Å². The molecule has 5 rings (SSSR count). The highest BCUT2D eigenvalue weighted by atomic mass is 15.3. The number of rotatable bonds is 1. The maximum Gasteiger partial charge on any atom is 0.0456 e. The van der Waals surface area contributed by atoms with Gasteiger partial charge in [-0.3, -0.25) is 10.9 Å². The molecule has 0 radical (unpaired) electrons. The van der Waals surface area contributed by atoms with Gasteiger partial charge in [-0.05, 0) is 96.9 Å². The van der Waals surface area contributed by atoms with Crippen molar-refractivity contribution < 1.29 is 0 Å². The van der Waals surface area contributed by atoms with Crippen molar-refractivity contribution in [3.63, 3.8) is 0 Å². The van der Waals surface area contributed by atoms with E-state index in [0.29, 0.717) is 12.0 Å². The first kappa shape index (κ1) is 20.2. The summed E-state index contributed by atoms with van der Waals surface area (Å²) in [5.74, 6) is 0.598. The summed E-state index contributed by atoms with van der Waals surface area (Å²) in [6.45, 7) is 4.07. The summed E-state index contributed by atoms with van der Waals surface area (Å²) in [7, 11) is 0. The van der Waals surface area contributed by atoms with Crippen molar-refractivity contribution in [3.8, 4) is 0 Å². The highest BCUT2D eigenvalue weighted by Crippen LogP contribution is 2.40. The smallest absolute Gasteiger partial charge is 0.0456 e. The second kappa shape index (κ2) is 9.61. The van der Waals surface area contributed by atoms with Crippen LogP contribution in [0.1, 0.15) is 66.7 Å². The first-order valence-corrected chi connectivity index (χ1v) is 12.1. The summed E-state index contributed by atoms with van der Waals surface area (Å²) in [6, 6.07) is 10.1. The molecule has 1 heterocycles. The molecule has 30 heavy (non-hydrogen) atoms. The average Bonchev–Trinajstić information content (AvgIpc) is 2.79. The Bertz CT molecular complexity index is 892. The third-order valence-corrected chi connectivity index (χ3v) is 7.28. The molecular weight excluding hydrogens is 368 g/mol. The van der Waals surface area contributed by atoms with E-state index >= 15 is 0 Å². The highest BCUT2D eigenvalue weighted by Gasteiger charge is 2.29. The summed E-state index contributed by atoms with van der Waals surface area (Å²) in [6.07, 6.45) is 14.4. The summed E-state index contributed by atoms with van der Waals surface area (Å²) in [5.41, 5.74) is 13.0. The number of hydrogen-bond acceptors (Lipinski definition) is 4. The van der Waals surface area contributed by atoms with E-state index < -0.39 is 0 Å². The lowest BCUT2D eigenvalue weighted by Gasteiger charge is -2.34. The lowest BCUT2D eigenvalue weighted by Crippen LogP contribution is -2.45. The number of fused-ring (bicyclic) bond motifs is 5. The first-order valence-electron chi connectivity index (χ1n) is 12.1. The van der Waals surface area contributed by atoms with Gasteiger partial charge in [0.25, 0.3) is 0 Å². The van der Waals surface area contributed by atoms with Crippen molar-refractivity contribution in [2.45, 2.75) is 63.3 Å².